The minimum Gasteiger partial charge on any atom is -0.442 e. The smallest absolute Gasteiger partial charge is 0.414 e. The fourth-order valence-electron chi connectivity index (χ4n) is 3.36. The van der Waals surface area contributed by atoms with Crippen LogP contribution < -0.4 is 10.2 Å². The van der Waals surface area contributed by atoms with Gasteiger partial charge in [-0.1, -0.05) is 11.6 Å². The third-order valence-corrected chi connectivity index (χ3v) is 6.05. The summed E-state index contributed by atoms with van der Waals surface area (Å²) in [7, 11) is 0. The lowest BCUT2D eigenvalue weighted by molar-refractivity contribution is -0.124. The van der Waals surface area contributed by atoms with E-state index in [0.29, 0.717) is 40.4 Å². The highest BCUT2D eigenvalue weighted by Crippen LogP contribution is 2.24. The molecule has 0 aliphatic carbocycles. The van der Waals surface area contributed by atoms with E-state index in [2.05, 4.69) is 10.3 Å². The number of carbonyl (C=O) groups excluding carboxylic acids is 3. The third-order valence-electron chi connectivity index (χ3n) is 4.82. The Balaban J connectivity index is 1.37. The van der Waals surface area contributed by atoms with Crippen LogP contribution in [-0.4, -0.2) is 60.9 Å². The van der Waals surface area contributed by atoms with Gasteiger partial charge in [0.2, 0.25) is 5.91 Å². The Morgan fingerprint density at radius 2 is 2.03 bits per heavy atom. The number of carbonyl (C=O) groups is 3. The molecule has 1 aromatic heterocycles. The first-order chi connectivity index (χ1) is 14.4. The fourth-order valence-corrected chi connectivity index (χ4v) is 4.32. The Labute approximate surface area is 182 Å². The van der Waals surface area contributed by atoms with Gasteiger partial charge in [0.1, 0.15) is 11.9 Å². The van der Waals surface area contributed by atoms with Gasteiger partial charge in [-0.2, -0.15) is 0 Å². The summed E-state index contributed by atoms with van der Waals surface area (Å²) in [5.74, 6) is 0.346. The summed E-state index contributed by atoms with van der Waals surface area (Å²) in [6.45, 7) is 3.21. The van der Waals surface area contributed by atoms with Crippen molar-refractivity contribution in [1.82, 2.24) is 10.2 Å². The zero-order valence-electron chi connectivity index (χ0n) is 16.1. The average molecular weight is 447 g/mol. The topological polar surface area (TPSA) is 91.3 Å². The molecular formula is C20H19ClN4O4S. The monoisotopic (exact) mass is 446 g/mol. The highest BCUT2D eigenvalue weighted by molar-refractivity contribution is 7.18. The molecule has 1 fully saturated rings. The number of nitrogens with one attached hydrogen (secondary N) is 1. The molecule has 1 N–H and O–H groups in total. The molecule has 1 atom stereocenters. The Morgan fingerprint density at radius 1 is 1.27 bits per heavy atom. The van der Waals surface area contributed by atoms with E-state index >= 15 is 0 Å². The van der Waals surface area contributed by atoms with Gasteiger partial charge < -0.3 is 10.1 Å². The van der Waals surface area contributed by atoms with Crippen LogP contribution in [0.3, 0.4) is 0 Å². The minimum absolute atomic E-state index is 0.0480. The number of ether oxygens (including phenoxy) is 1. The maximum absolute atomic E-state index is 12.3. The molecule has 0 saturated carbocycles. The van der Waals surface area contributed by atoms with E-state index in [9.17, 15) is 14.4 Å². The van der Waals surface area contributed by atoms with Crippen molar-refractivity contribution in [1.29, 1.82) is 0 Å². The maximum atomic E-state index is 12.3. The second-order valence-corrected chi connectivity index (χ2v) is 8.57. The molecule has 3 heterocycles. The molecule has 0 bridgehead atoms. The largest absolute Gasteiger partial charge is 0.442 e. The van der Waals surface area contributed by atoms with Crippen molar-refractivity contribution in [3.63, 3.8) is 0 Å². The second-order valence-electron chi connectivity index (χ2n) is 6.85. The van der Waals surface area contributed by atoms with Crippen LogP contribution in [0.5, 0.6) is 0 Å². The van der Waals surface area contributed by atoms with E-state index in [1.807, 2.05) is 12.1 Å². The lowest BCUT2D eigenvalue weighted by atomic mass is 10.1. The molecule has 2 aliphatic heterocycles. The number of halogens is 1. The van der Waals surface area contributed by atoms with Crippen molar-refractivity contribution in [3.05, 3.63) is 51.2 Å². The van der Waals surface area contributed by atoms with Gasteiger partial charge in [-0.15, -0.1) is 11.3 Å². The Bertz CT molecular complexity index is 1020. The summed E-state index contributed by atoms with van der Waals surface area (Å²) in [6, 6.07) is 10.6. The standard InChI is InChI=1S/C20H19ClN4O4S/c1-12(26)24-9-8-22-18(24)13-2-4-14(5-3-13)25-11-15(29-20(25)28)10-23-19(27)16-6-7-17(21)30-16/h2-7,15H,8-11H2,1H3,(H,23,27)/t15-/m0/s1. The van der Waals surface area contributed by atoms with Gasteiger partial charge in [-0.3, -0.25) is 24.4 Å². The van der Waals surface area contributed by atoms with Crippen molar-refractivity contribution in [2.75, 3.05) is 31.1 Å². The molecule has 0 unspecified atom stereocenters. The normalized spacial score (nSPS) is 18.4. The van der Waals surface area contributed by atoms with E-state index in [1.54, 1.807) is 29.2 Å². The number of hydrogen-bond acceptors (Lipinski definition) is 6. The van der Waals surface area contributed by atoms with Gasteiger partial charge in [-0.05, 0) is 36.4 Å². The number of hydrogen-bond donors (Lipinski definition) is 1. The molecule has 2 aromatic rings. The Kier molecular flexibility index (Phi) is 5.74. The lowest BCUT2D eigenvalue weighted by Gasteiger charge is -2.17. The molecule has 30 heavy (non-hydrogen) atoms. The number of cyclic esters (lactones) is 1. The molecule has 1 saturated heterocycles. The van der Waals surface area contributed by atoms with Gasteiger partial charge in [0, 0.05) is 24.7 Å². The summed E-state index contributed by atoms with van der Waals surface area (Å²) in [5, 5.41) is 2.76. The predicted octanol–water partition coefficient (Wildman–Crippen LogP) is 2.77. The van der Waals surface area contributed by atoms with Crippen LogP contribution in [-0.2, 0) is 9.53 Å². The zero-order valence-corrected chi connectivity index (χ0v) is 17.7. The van der Waals surface area contributed by atoms with Crippen LogP contribution in [0.4, 0.5) is 10.5 Å². The fraction of sp³-hybridized carbons (Fsp3) is 0.300. The van der Waals surface area contributed by atoms with Crippen molar-refractivity contribution in [2.24, 2.45) is 4.99 Å². The molecule has 156 valence electrons. The number of amidine groups is 1. The number of benzene rings is 1. The summed E-state index contributed by atoms with van der Waals surface area (Å²) >= 11 is 7.04. The Hall–Kier alpha value is -2.91. The van der Waals surface area contributed by atoms with Crippen molar-refractivity contribution in [3.8, 4) is 0 Å². The average Bonchev–Trinajstić information content (AvgIpc) is 3.46. The first-order valence-corrected chi connectivity index (χ1v) is 10.6. The summed E-state index contributed by atoms with van der Waals surface area (Å²) in [4.78, 5) is 44.2. The summed E-state index contributed by atoms with van der Waals surface area (Å²) in [5.41, 5.74) is 1.49. The predicted molar refractivity (Wildman–Crippen MR) is 115 cm³/mol. The number of anilines is 1. The van der Waals surface area contributed by atoms with E-state index in [4.69, 9.17) is 16.3 Å². The SMILES string of the molecule is CC(=O)N1CCN=C1c1ccc(N2C[C@H](CNC(=O)c3ccc(Cl)s3)OC2=O)cc1. The maximum Gasteiger partial charge on any atom is 0.414 e. The molecule has 0 radical (unpaired) electrons. The Morgan fingerprint density at radius 3 is 2.70 bits per heavy atom. The highest BCUT2D eigenvalue weighted by Gasteiger charge is 2.33. The van der Waals surface area contributed by atoms with E-state index in [1.165, 1.54) is 23.2 Å². The first kappa shape index (κ1) is 20.4. The van der Waals surface area contributed by atoms with Crippen LogP contribution in [0, 0.1) is 0 Å². The number of rotatable bonds is 5. The van der Waals surface area contributed by atoms with Crippen LogP contribution in [0.25, 0.3) is 0 Å². The van der Waals surface area contributed by atoms with Gasteiger partial charge >= 0.3 is 6.09 Å². The zero-order chi connectivity index (χ0) is 21.3. The lowest BCUT2D eigenvalue weighted by Crippen LogP contribution is -2.34. The second kappa shape index (κ2) is 8.45. The number of thiophene rings is 1. The summed E-state index contributed by atoms with van der Waals surface area (Å²) in [6.07, 6.45) is -0.922. The van der Waals surface area contributed by atoms with Gasteiger partial charge in [-0.25, -0.2) is 4.79 Å². The molecule has 8 nitrogen and oxygen atoms in total. The number of nitrogens with zero attached hydrogens (tertiary/aromatic N) is 3. The van der Waals surface area contributed by atoms with E-state index in [0.717, 1.165) is 5.56 Å². The molecule has 4 rings (SSSR count). The number of aliphatic imine (C=N–C) groups is 1. The molecule has 3 amide bonds. The number of amides is 3. The van der Waals surface area contributed by atoms with Gasteiger partial charge in [0.25, 0.3) is 5.91 Å². The molecule has 0 spiro atoms. The van der Waals surface area contributed by atoms with E-state index < -0.39 is 12.2 Å². The van der Waals surface area contributed by atoms with E-state index in [-0.39, 0.29) is 18.4 Å². The summed E-state index contributed by atoms with van der Waals surface area (Å²) < 4.78 is 5.91. The highest BCUT2D eigenvalue weighted by atomic mass is 35.5. The first-order valence-electron chi connectivity index (χ1n) is 9.37. The van der Waals surface area contributed by atoms with Gasteiger partial charge in [0.05, 0.1) is 28.8 Å². The minimum atomic E-state index is -0.468. The van der Waals surface area contributed by atoms with Crippen molar-refractivity contribution in [2.45, 2.75) is 13.0 Å². The molecule has 1 aromatic carbocycles. The quantitative estimate of drug-likeness (QED) is 0.764. The molecule has 10 heteroatoms. The van der Waals surface area contributed by atoms with Crippen LogP contribution in [0.2, 0.25) is 4.34 Å². The molecular weight excluding hydrogens is 428 g/mol. The van der Waals surface area contributed by atoms with Crippen LogP contribution >= 0.6 is 22.9 Å². The van der Waals surface area contributed by atoms with Crippen molar-refractivity contribution < 1.29 is 19.1 Å². The third kappa shape index (κ3) is 4.17. The van der Waals surface area contributed by atoms with Crippen LogP contribution in [0.1, 0.15) is 22.2 Å². The molecule has 2 aliphatic rings. The van der Waals surface area contributed by atoms with Gasteiger partial charge in [0.15, 0.2) is 0 Å². The van der Waals surface area contributed by atoms with Crippen molar-refractivity contribution >= 4 is 52.4 Å². The van der Waals surface area contributed by atoms with Crippen LogP contribution in [0.15, 0.2) is 41.4 Å².